The molecule has 0 heterocycles. The highest BCUT2D eigenvalue weighted by molar-refractivity contribution is 5.84. The molecule has 1 fully saturated rings. The first-order chi connectivity index (χ1) is 18.7. The maximum absolute atomic E-state index is 3.40. The van der Waals surface area contributed by atoms with Crippen molar-refractivity contribution in [3.8, 4) is 11.8 Å². The molecule has 0 saturated heterocycles. The molecule has 3 aromatic rings. The number of hydrogen-bond donors (Lipinski definition) is 0. The number of aryl methyl sites for hydroxylation is 1. The predicted octanol–water partition coefficient (Wildman–Crippen LogP) is 11.4. The molecule has 0 unspecified atom stereocenters. The van der Waals surface area contributed by atoms with Crippen molar-refractivity contribution in [1.29, 1.82) is 0 Å². The minimum absolute atomic E-state index is 0.745. The van der Waals surface area contributed by atoms with Crippen molar-refractivity contribution in [3.63, 3.8) is 0 Å². The van der Waals surface area contributed by atoms with E-state index in [1.165, 1.54) is 125 Å². The van der Waals surface area contributed by atoms with Crippen molar-refractivity contribution in [2.75, 3.05) is 0 Å². The van der Waals surface area contributed by atoms with Gasteiger partial charge in [-0.15, -0.1) is 0 Å². The average molecular weight is 507 g/mol. The molecule has 0 atom stereocenters. The second kappa shape index (κ2) is 15.8. The van der Waals surface area contributed by atoms with E-state index in [1.807, 2.05) is 0 Å². The molecular weight excluding hydrogens is 456 g/mol. The van der Waals surface area contributed by atoms with Gasteiger partial charge in [0, 0.05) is 11.1 Å². The van der Waals surface area contributed by atoms with E-state index in [-0.39, 0.29) is 0 Å². The van der Waals surface area contributed by atoms with E-state index in [1.54, 1.807) is 0 Å². The molecule has 0 aliphatic heterocycles. The van der Waals surface area contributed by atoms with E-state index in [9.17, 15) is 0 Å². The summed E-state index contributed by atoms with van der Waals surface area (Å²) in [5.41, 5.74) is 5.18. The third-order valence-corrected chi connectivity index (χ3v) is 8.77. The molecule has 1 saturated carbocycles. The van der Waals surface area contributed by atoms with Crippen LogP contribution >= 0.6 is 0 Å². The molecule has 3 aromatic carbocycles. The Bertz CT molecular complexity index is 1150. The lowest BCUT2D eigenvalue weighted by atomic mass is 9.77. The van der Waals surface area contributed by atoms with Crippen LogP contribution in [-0.4, -0.2) is 0 Å². The van der Waals surface area contributed by atoms with Gasteiger partial charge in [0.05, 0.1) is 0 Å². The van der Waals surface area contributed by atoms with E-state index in [0.29, 0.717) is 0 Å². The molecule has 0 radical (unpaired) electrons. The number of hydrogen-bond acceptors (Lipinski definition) is 0. The van der Waals surface area contributed by atoms with E-state index in [2.05, 4.69) is 86.4 Å². The summed E-state index contributed by atoms with van der Waals surface area (Å²) in [6, 6.07) is 22.7. The van der Waals surface area contributed by atoms with Gasteiger partial charge in [-0.25, -0.2) is 0 Å². The van der Waals surface area contributed by atoms with Crippen LogP contribution in [0.3, 0.4) is 0 Å². The number of benzene rings is 3. The standard InChI is InChI=1S/C38H50/c1-3-5-7-8-9-10-12-13-31-17-23-35(24-18-31)36-25-19-32(20-26-36)15-16-34-22-28-37-29-33(14-11-6-4-2)21-27-38(37)30-34/h19-22,25-31,35H,3-14,17-18,23-24H2,1-2H3. The Labute approximate surface area is 233 Å². The summed E-state index contributed by atoms with van der Waals surface area (Å²) in [4.78, 5) is 0. The summed E-state index contributed by atoms with van der Waals surface area (Å²) >= 11 is 0. The van der Waals surface area contributed by atoms with Gasteiger partial charge in [0.25, 0.3) is 0 Å². The Kier molecular flexibility index (Phi) is 11.8. The quantitative estimate of drug-likeness (QED) is 0.160. The van der Waals surface area contributed by atoms with Crippen molar-refractivity contribution < 1.29 is 0 Å². The summed E-state index contributed by atoms with van der Waals surface area (Å²) in [5, 5.41) is 2.61. The van der Waals surface area contributed by atoms with Crippen molar-refractivity contribution in [2.45, 2.75) is 122 Å². The minimum Gasteiger partial charge on any atom is -0.0654 e. The highest BCUT2D eigenvalue weighted by atomic mass is 14.3. The zero-order valence-electron chi connectivity index (χ0n) is 24.2. The third-order valence-electron chi connectivity index (χ3n) is 8.77. The Balaban J connectivity index is 1.23. The fourth-order valence-corrected chi connectivity index (χ4v) is 6.27. The monoisotopic (exact) mass is 506 g/mol. The van der Waals surface area contributed by atoms with E-state index >= 15 is 0 Å². The lowest BCUT2D eigenvalue weighted by molar-refractivity contribution is 0.302. The first-order valence-corrected chi connectivity index (χ1v) is 15.9. The number of rotatable bonds is 13. The molecule has 4 rings (SSSR count). The first-order valence-electron chi connectivity index (χ1n) is 15.9. The molecule has 0 aromatic heterocycles. The molecule has 0 spiro atoms. The van der Waals surface area contributed by atoms with E-state index in [0.717, 1.165) is 23.0 Å². The van der Waals surface area contributed by atoms with Gasteiger partial charge < -0.3 is 0 Å². The lowest BCUT2D eigenvalue weighted by Gasteiger charge is -2.29. The summed E-state index contributed by atoms with van der Waals surface area (Å²) in [6.45, 7) is 4.57. The zero-order valence-corrected chi connectivity index (χ0v) is 24.2. The smallest absolute Gasteiger partial charge is 0.0255 e. The van der Waals surface area contributed by atoms with E-state index in [4.69, 9.17) is 0 Å². The molecule has 0 amide bonds. The van der Waals surface area contributed by atoms with Crippen LogP contribution in [0.4, 0.5) is 0 Å². The first kappa shape index (κ1) is 28.5. The Morgan fingerprint density at radius 1 is 0.579 bits per heavy atom. The molecule has 38 heavy (non-hydrogen) atoms. The molecule has 0 nitrogen and oxygen atoms in total. The maximum Gasteiger partial charge on any atom is 0.0255 e. The van der Waals surface area contributed by atoms with Crippen LogP contribution in [0.15, 0.2) is 60.7 Å². The van der Waals surface area contributed by atoms with Crippen LogP contribution in [0.5, 0.6) is 0 Å². The van der Waals surface area contributed by atoms with Gasteiger partial charge in [-0.2, -0.15) is 0 Å². The molecule has 1 aliphatic carbocycles. The van der Waals surface area contributed by atoms with Crippen LogP contribution in [-0.2, 0) is 6.42 Å². The molecule has 1 aliphatic rings. The summed E-state index contributed by atoms with van der Waals surface area (Å²) < 4.78 is 0. The Hall–Kier alpha value is -2.52. The summed E-state index contributed by atoms with van der Waals surface area (Å²) in [5.74, 6) is 8.52. The van der Waals surface area contributed by atoms with Crippen LogP contribution in [0.1, 0.15) is 138 Å². The summed E-state index contributed by atoms with van der Waals surface area (Å²) in [7, 11) is 0. The fraction of sp³-hybridized carbons (Fsp3) is 0.526. The van der Waals surface area contributed by atoms with Gasteiger partial charge in [-0.3, -0.25) is 0 Å². The second-order valence-corrected chi connectivity index (χ2v) is 11.9. The van der Waals surface area contributed by atoms with Gasteiger partial charge in [0.2, 0.25) is 0 Å². The normalized spacial score (nSPS) is 17.3. The fourth-order valence-electron chi connectivity index (χ4n) is 6.27. The van der Waals surface area contributed by atoms with Crippen molar-refractivity contribution in [2.24, 2.45) is 5.92 Å². The lowest BCUT2D eigenvalue weighted by Crippen LogP contribution is -2.13. The number of fused-ring (bicyclic) bond motifs is 1. The Morgan fingerprint density at radius 3 is 1.95 bits per heavy atom. The molecular formula is C38H50. The third kappa shape index (κ3) is 9.05. The predicted molar refractivity (Wildman–Crippen MR) is 167 cm³/mol. The minimum atomic E-state index is 0.745. The van der Waals surface area contributed by atoms with Crippen molar-refractivity contribution >= 4 is 10.8 Å². The Morgan fingerprint density at radius 2 is 1.18 bits per heavy atom. The average Bonchev–Trinajstić information content (AvgIpc) is 2.96. The highest BCUT2D eigenvalue weighted by Gasteiger charge is 2.21. The summed E-state index contributed by atoms with van der Waals surface area (Å²) in [6.07, 6.45) is 22.1. The van der Waals surface area contributed by atoms with Crippen LogP contribution in [0.25, 0.3) is 10.8 Å². The highest BCUT2D eigenvalue weighted by Crippen LogP contribution is 2.37. The molecule has 0 N–H and O–H groups in total. The topological polar surface area (TPSA) is 0 Å². The van der Waals surface area contributed by atoms with Gasteiger partial charge in [0.1, 0.15) is 0 Å². The maximum atomic E-state index is 3.40. The van der Waals surface area contributed by atoms with Crippen molar-refractivity contribution in [1.82, 2.24) is 0 Å². The van der Waals surface area contributed by atoms with Gasteiger partial charge >= 0.3 is 0 Å². The van der Waals surface area contributed by atoms with Crippen molar-refractivity contribution in [3.05, 3.63) is 82.9 Å². The van der Waals surface area contributed by atoms with Crippen LogP contribution in [0, 0.1) is 17.8 Å². The largest absolute Gasteiger partial charge is 0.0654 e. The van der Waals surface area contributed by atoms with E-state index < -0.39 is 0 Å². The van der Waals surface area contributed by atoms with Crippen LogP contribution in [0.2, 0.25) is 0 Å². The molecule has 202 valence electrons. The zero-order chi connectivity index (χ0) is 26.4. The molecule has 0 bridgehead atoms. The van der Waals surface area contributed by atoms with Gasteiger partial charge in [0.15, 0.2) is 0 Å². The van der Waals surface area contributed by atoms with Gasteiger partial charge in [-0.05, 0) is 96.5 Å². The van der Waals surface area contributed by atoms with Crippen LogP contribution < -0.4 is 0 Å². The molecule has 0 heteroatoms. The van der Waals surface area contributed by atoms with Gasteiger partial charge in [-0.1, -0.05) is 126 Å². The second-order valence-electron chi connectivity index (χ2n) is 11.9. The SMILES string of the molecule is CCCCCCCCCC1CCC(c2ccc(C#Cc3ccc4cc(CCCCC)ccc4c3)cc2)CC1. The number of unbranched alkanes of at least 4 members (excludes halogenated alkanes) is 8.